The van der Waals surface area contributed by atoms with Crippen molar-refractivity contribution in [2.24, 2.45) is 5.92 Å². The first-order valence-corrected chi connectivity index (χ1v) is 6.48. The van der Waals surface area contributed by atoms with E-state index in [9.17, 15) is 5.11 Å². The summed E-state index contributed by atoms with van der Waals surface area (Å²) in [6, 6.07) is 0. The second-order valence-corrected chi connectivity index (χ2v) is 5.33. The molecule has 15 heavy (non-hydrogen) atoms. The Kier molecular flexibility index (Phi) is 3.68. The van der Waals surface area contributed by atoms with E-state index >= 15 is 0 Å². The minimum atomic E-state index is -0.572. The van der Waals surface area contributed by atoms with Crippen LogP contribution in [0, 0.1) is 5.92 Å². The van der Waals surface area contributed by atoms with Gasteiger partial charge < -0.3 is 4.74 Å². The van der Waals surface area contributed by atoms with Crippen molar-refractivity contribution in [3.05, 3.63) is 0 Å². The summed E-state index contributed by atoms with van der Waals surface area (Å²) in [5, 5.41) is 12.6. The van der Waals surface area contributed by atoms with Crippen molar-refractivity contribution in [1.82, 2.24) is 0 Å². The summed E-state index contributed by atoms with van der Waals surface area (Å²) in [5.74, 6) is 0.434. The zero-order chi connectivity index (χ0) is 10.7. The minimum absolute atomic E-state index is 0.424. The molecule has 0 bridgehead atoms. The molecule has 2 heteroatoms. The van der Waals surface area contributed by atoms with E-state index in [0.717, 1.165) is 51.4 Å². The van der Waals surface area contributed by atoms with Crippen molar-refractivity contribution in [1.29, 1.82) is 0 Å². The van der Waals surface area contributed by atoms with Gasteiger partial charge in [-0.05, 0) is 44.4 Å². The second-order valence-electron chi connectivity index (χ2n) is 5.33. The third-order valence-electron chi connectivity index (χ3n) is 4.45. The minimum Gasteiger partial charge on any atom is -0.381 e. The molecular weight excluding hydrogens is 188 g/mol. The van der Waals surface area contributed by atoms with Gasteiger partial charge in [0.1, 0.15) is 5.60 Å². The average Bonchev–Trinajstić information content (AvgIpc) is 2.30. The first kappa shape index (κ1) is 11.4. The lowest BCUT2D eigenvalue weighted by atomic mass is 9.69. The predicted molar refractivity (Wildman–Crippen MR) is 59.3 cm³/mol. The Morgan fingerprint density at radius 3 is 2.13 bits per heavy atom. The van der Waals surface area contributed by atoms with E-state index in [0.29, 0.717) is 12.0 Å². The van der Waals surface area contributed by atoms with Crippen LogP contribution in [0.15, 0.2) is 0 Å². The van der Waals surface area contributed by atoms with Gasteiger partial charge in [0, 0.05) is 7.11 Å². The summed E-state index contributed by atoms with van der Waals surface area (Å²) >= 11 is 0. The highest BCUT2D eigenvalue weighted by Gasteiger charge is 2.41. The molecule has 2 rings (SSSR count). The highest BCUT2D eigenvalue weighted by molar-refractivity contribution is 4.91. The van der Waals surface area contributed by atoms with E-state index in [1.54, 1.807) is 7.11 Å². The highest BCUT2D eigenvalue weighted by atomic mass is 16.5. The van der Waals surface area contributed by atoms with E-state index < -0.39 is 5.60 Å². The van der Waals surface area contributed by atoms with Gasteiger partial charge in [0.2, 0.25) is 0 Å². The highest BCUT2D eigenvalue weighted by Crippen LogP contribution is 2.42. The molecule has 0 heterocycles. The molecule has 2 aliphatic carbocycles. The molecule has 2 nitrogen and oxygen atoms in total. The molecule has 0 saturated heterocycles. The van der Waals surface area contributed by atoms with Gasteiger partial charge in [-0.1, -0.05) is 19.3 Å². The number of hydrogen-bond acceptors (Lipinski definition) is 1. The number of ether oxygens (including phenoxy) is 1. The van der Waals surface area contributed by atoms with Crippen LogP contribution in [0.4, 0.5) is 0 Å². The summed E-state index contributed by atoms with van der Waals surface area (Å²) in [7, 11) is 1.79. The lowest BCUT2D eigenvalue weighted by Crippen LogP contribution is -2.41. The maximum Gasteiger partial charge on any atom is 0.106 e. The molecule has 0 aromatic rings. The van der Waals surface area contributed by atoms with Crippen LogP contribution in [0.1, 0.15) is 57.8 Å². The lowest BCUT2D eigenvalue weighted by molar-refractivity contribution is -0.121. The Balaban J connectivity index is 1.88. The predicted octanol–water partition coefficient (Wildman–Crippen LogP) is 3.33. The zero-order valence-corrected chi connectivity index (χ0v) is 9.84. The molecule has 0 aliphatic heterocycles. The molecule has 2 fully saturated rings. The van der Waals surface area contributed by atoms with Crippen LogP contribution >= 0.6 is 0 Å². The molecule has 0 unspecified atom stereocenters. The van der Waals surface area contributed by atoms with Crippen LogP contribution in [-0.2, 0) is 9.84 Å². The van der Waals surface area contributed by atoms with Crippen molar-refractivity contribution >= 4 is 0 Å². The third kappa shape index (κ3) is 2.54. The number of hydrogen-bond donors (Lipinski definition) is 0. The van der Waals surface area contributed by atoms with Gasteiger partial charge in [-0.3, -0.25) is 0 Å². The number of methoxy groups -OCH3 is 1. The molecular formula is C13H23O2. The maximum absolute atomic E-state index is 12.6. The van der Waals surface area contributed by atoms with E-state index in [4.69, 9.17) is 4.74 Å². The van der Waals surface area contributed by atoms with Gasteiger partial charge >= 0.3 is 0 Å². The quantitative estimate of drug-likeness (QED) is 0.689. The fourth-order valence-electron chi connectivity index (χ4n) is 3.38. The standard InChI is InChI=1S/C13H23O2/c1-15-12-7-5-11(6-8-12)13(14)9-3-2-4-10-13/h11-12H,2-10H2,1H3/t11-,12-. The molecule has 0 aromatic carbocycles. The van der Waals surface area contributed by atoms with Crippen LogP contribution in [0.3, 0.4) is 0 Å². The Hall–Kier alpha value is -0.0800. The van der Waals surface area contributed by atoms with Crippen molar-refractivity contribution in [2.75, 3.05) is 7.11 Å². The van der Waals surface area contributed by atoms with Gasteiger partial charge in [-0.15, -0.1) is 0 Å². The monoisotopic (exact) mass is 211 g/mol. The Labute approximate surface area is 93.0 Å². The fraction of sp³-hybridized carbons (Fsp3) is 1.00. The molecule has 2 aliphatic rings. The maximum atomic E-state index is 12.6. The van der Waals surface area contributed by atoms with E-state index in [2.05, 4.69) is 0 Å². The number of rotatable bonds is 2. The van der Waals surface area contributed by atoms with Crippen LogP contribution in [0.25, 0.3) is 0 Å². The van der Waals surface area contributed by atoms with Crippen molar-refractivity contribution in [2.45, 2.75) is 69.5 Å². The molecule has 0 aromatic heterocycles. The van der Waals surface area contributed by atoms with Crippen LogP contribution < -0.4 is 0 Å². The third-order valence-corrected chi connectivity index (χ3v) is 4.45. The van der Waals surface area contributed by atoms with Gasteiger partial charge in [-0.2, -0.15) is 0 Å². The zero-order valence-electron chi connectivity index (χ0n) is 9.84. The average molecular weight is 211 g/mol. The topological polar surface area (TPSA) is 29.1 Å². The first-order chi connectivity index (χ1) is 7.24. The summed E-state index contributed by atoms with van der Waals surface area (Å²) in [6.45, 7) is 0. The Bertz CT molecular complexity index is 189. The second kappa shape index (κ2) is 4.84. The molecule has 0 atom stereocenters. The largest absolute Gasteiger partial charge is 0.381 e. The van der Waals surface area contributed by atoms with Crippen molar-refractivity contribution in [3.8, 4) is 0 Å². The van der Waals surface area contributed by atoms with Crippen LogP contribution in [0.2, 0.25) is 0 Å². The van der Waals surface area contributed by atoms with E-state index in [1.807, 2.05) is 0 Å². The summed E-state index contributed by atoms with van der Waals surface area (Å²) in [5.41, 5.74) is -0.572. The molecule has 0 spiro atoms. The molecule has 2 saturated carbocycles. The Morgan fingerprint density at radius 1 is 1.00 bits per heavy atom. The normalized spacial score (nSPS) is 36.4. The SMILES string of the molecule is CO[C@H]1CC[C@H](C2([O])CCCCC2)CC1. The van der Waals surface area contributed by atoms with Crippen molar-refractivity contribution in [3.63, 3.8) is 0 Å². The summed E-state index contributed by atoms with van der Waals surface area (Å²) < 4.78 is 5.36. The van der Waals surface area contributed by atoms with Gasteiger partial charge in [0.25, 0.3) is 0 Å². The van der Waals surface area contributed by atoms with Gasteiger partial charge in [0.15, 0.2) is 0 Å². The fourth-order valence-corrected chi connectivity index (χ4v) is 3.38. The van der Waals surface area contributed by atoms with Gasteiger partial charge in [0.05, 0.1) is 6.10 Å². The summed E-state index contributed by atoms with van der Waals surface area (Å²) in [6.07, 6.45) is 10.3. The molecule has 1 radical (unpaired) electrons. The van der Waals surface area contributed by atoms with E-state index in [-0.39, 0.29) is 0 Å². The van der Waals surface area contributed by atoms with Crippen molar-refractivity contribution < 1.29 is 9.84 Å². The molecule has 0 amide bonds. The first-order valence-electron chi connectivity index (χ1n) is 6.48. The van der Waals surface area contributed by atoms with Crippen LogP contribution in [-0.4, -0.2) is 18.8 Å². The van der Waals surface area contributed by atoms with Crippen LogP contribution in [0.5, 0.6) is 0 Å². The Morgan fingerprint density at radius 2 is 1.60 bits per heavy atom. The van der Waals surface area contributed by atoms with Gasteiger partial charge in [-0.25, -0.2) is 5.11 Å². The molecule has 87 valence electrons. The summed E-state index contributed by atoms with van der Waals surface area (Å²) in [4.78, 5) is 0. The smallest absolute Gasteiger partial charge is 0.106 e. The van der Waals surface area contributed by atoms with E-state index in [1.165, 1.54) is 6.42 Å². The lowest BCUT2D eigenvalue weighted by Gasteiger charge is -2.40. The molecule has 0 N–H and O–H groups in total.